The van der Waals surface area contributed by atoms with E-state index in [1.807, 2.05) is 6.07 Å². The Kier molecular flexibility index (Phi) is 5.35. The van der Waals surface area contributed by atoms with E-state index in [1.165, 1.54) is 30.5 Å². The fraction of sp³-hybridized carbons (Fsp3) is 0.0526. The van der Waals surface area contributed by atoms with Gasteiger partial charge in [-0.1, -0.05) is 12.1 Å². The molecule has 3 rings (SSSR count). The number of hydrogen-bond donors (Lipinski definition) is 2. The number of rotatable bonds is 6. The molecule has 0 radical (unpaired) electrons. The van der Waals surface area contributed by atoms with Gasteiger partial charge in [-0.25, -0.2) is 13.1 Å². The molecule has 0 spiro atoms. The van der Waals surface area contributed by atoms with Crippen LogP contribution in [0.25, 0.3) is 0 Å². The quantitative estimate of drug-likeness (QED) is 0.682. The van der Waals surface area contributed by atoms with Crippen molar-refractivity contribution in [1.82, 2.24) is 4.72 Å². The predicted molar refractivity (Wildman–Crippen MR) is 98.3 cm³/mol. The number of furan rings is 1. The van der Waals surface area contributed by atoms with E-state index in [2.05, 4.69) is 10.0 Å². The predicted octanol–water partition coefficient (Wildman–Crippen LogP) is 2.88. The van der Waals surface area contributed by atoms with Gasteiger partial charge < -0.3 is 9.73 Å². The summed E-state index contributed by atoms with van der Waals surface area (Å²) in [7, 11) is -3.73. The summed E-state index contributed by atoms with van der Waals surface area (Å²) in [5, 5.41) is 11.7. The molecule has 0 fully saturated rings. The largest absolute Gasteiger partial charge is 0.468 e. The highest BCUT2D eigenvalue weighted by atomic mass is 32.2. The first-order valence-corrected chi connectivity index (χ1v) is 9.40. The van der Waals surface area contributed by atoms with E-state index in [4.69, 9.17) is 9.68 Å². The van der Waals surface area contributed by atoms with Crippen molar-refractivity contribution in [1.29, 1.82) is 5.26 Å². The molecule has 1 heterocycles. The van der Waals surface area contributed by atoms with Crippen molar-refractivity contribution in [2.45, 2.75) is 11.4 Å². The standard InChI is InChI=1S/C19H15N3O4S/c20-12-15-4-1-2-6-18(15)22-19(23)14-7-9-17(10-8-14)27(24,25)21-13-16-5-3-11-26-16/h1-11,21H,13H2,(H,22,23). The number of para-hydroxylation sites is 1. The Labute approximate surface area is 156 Å². The molecule has 0 aliphatic heterocycles. The highest BCUT2D eigenvalue weighted by Gasteiger charge is 2.16. The second kappa shape index (κ2) is 7.86. The lowest BCUT2D eigenvalue weighted by atomic mass is 10.1. The van der Waals surface area contributed by atoms with Crippen LogP contribution in [-0.4, -0.2) is 14.3 Å². The van der Waals surface area contributed by atoms with Crippen molar-refractivity contribution in [2.24, 2.45) is 0 Å². The maximum absolute atomic E-state index is 12.3. The molecule has 0 unspecified atom stereocenters. The van der Waals surface area contributed by atoms with Gasteiger partial charge in [-0.05, 0) is 48.5 Å². The average molecular weight is 381 g/mol. The molecule has 2 aromatic carbocycles. The lowest BCUT2D eigenvalue weighted by molar-refractivity contribution is 0.102. The molecule has 2 N–H and O–H groups in total. The van der Waals surface area contributed by atoms with Crippen LogP contribution >= 0.6 is 0 Å². The number of carbonyl (C=O) groups is 1. The molecular weight excluding hydrogens is 366 g/mol. The molecule has 0 atom stereocenters. The number of nitrogens with zero attached hydrogens (tertiary/aromatic N) is 1. The van der Waals surface area contributed by atoms with Gasteiger partial charge in [-0.2, -0.15) is 5.26 Å². The molecule has 27 heavy (non-hydrogen) atoms. The van der Waals surface area contributed by atoms with Gasteiger partial charge in [-0.15, -0.1) is 0 Å². The molecule has 0 aliphatic carbocycles. The van der Waals surface area contributed by atoms with Crippen molar-refractivity contribution < 1.29 is 17.6 Å². The maximum Gasteiger partial charge on any atom is 0.255 e. The summed E-state index contributed by atoms with van der Waals surface area (Å²) >= 11 is 0. The van der Waals surface area contributed by atoms with E-state index < -0.39 is 15.9 Å². The SMILES string of the molecule is N#Cc1ccccc1NC(=O)c1ccc(S(=O)(=O)NCc2ccco2)cc1. The fourth-order valence-electron chi connectivity index (χ4n) is 2.33. The zero-order valence-electron chi connectivity index (χ0n) is 14.0. The molecule has 136 valence electrons. The van der Waals surface area contributed by atoms with Crippen molar-refractivity contribution in [3.63, 3.8) is 0 Å². The van der Waals surface area contributed by atoms with Gasteiger partial charge in [0.2, 0.25) is 10.0 Å². The minimum absolute atomic E-state index is 0.0303. The van der Waals surface area contributed by atoms with Crippen molar-refractivity contribution in [3.05, 3.63) is 83.8 Å². The number of sulfonamides is 1. The molecule has 0 saturated carbocycles. The van der Waals surface area contributed by atoms with Crippen LogP contribution in [0.1, 0.15) is 21.7 Å². The number of nitrogens with one attached hydrogen (secondary N) is 2. The van der Waals surface area contributed by atoms with Crippen LogP contribution in [0.5, 0.6) is 0 Å². The van der Waals surface area contributed by atoms with E-state index in [-0.39, 0.29) is 17.0 Å². The second-order valence-electron chi connectivity index (χ2n) is 5.54. The molecule has 8 heteroatoms. The van der Waals surface area contributed by atoms with Gasteiger partial charge in [0.1, 0.15) is 11.8 Å². The van der Waals surface area contributed by atoms with Crippen LogP contribution in [0.4, 0.5) is 5.69 Å². The number of benzene rings is 2. The smallest absolute Gasteiger partial charge is 0.255 e. The lowest BCUT2D eigenvalue weighted by Crippen LogP contribution is -2.23. The van der Waals surface area contributed by atoms with Crippen LogP contribution in [0.2, 0.25) is 0 Å². The summed E-state index contributed by atoms with van der Waals surface area (Å²) < 4.78 is 32.1. The Bertz CT molecular complexity index is 1080. The minimum atomic E-state index is -3.73. The first-order chi connectivity index (χ1) is 13.0. The monoisotopic (exact) mass is 381 g/mol. The van der Waals surface area contributed by atoms with Crippen molar-refractivity contribution >= 4 is 21.6 Å². The summed E-state index contributed by atoms with van der Waals surface area (Å²) in [6, 6.07) is 17.4. The fourth-order valence-corrected chi connectivity index (χ4v) is 3.33. The van der Waals surface area contributed by atoms with E-state index in [0.29, 0.717) is 17.0 Å². The Morgan fingerprint density at radius 1 is 1.04 bits per heavy atom. The van der Waals surface area contributed by atoms with Crippen LogP contribution in [0.3, 0.4) is 0 Å². The topological polar surface area (TPSA) is 112 Å². The number of amides is 1. The van der Waals surface area contributed by atoms with Crippen molar-refractivity contribution in [2.75, 3.05) is 5.32 Å². The average Bonchev–Trinajstić information content (AvgIpc) is 3.21. The van der Waals surface area contributed by atoms with Crippen LogP contribution in [0.15, 0.2) is 76.2 Å². The molecule has 3 aromatic rings. The maximum atomic E-state index is 12.3. The molecular formula is C19H15N3O4S. The summed E-state index contributed by atoms with van der Waals surface area (Å²) in [5.41, 5.74) is 1.00. The number of anilines is 1. The van der Waals surface area contributed by atoms with Gasteiger partial charge in [-0.3, -0.25) is 4.79 Å². The Balaban J connectivity index is 1.71. The van der Waals surface area contributed by atoms with Gasteiger partial charge in [0.05, 0.1) is 29.0 Å². The third kappa shape index (κ3) is 4.41. The zero-order chi connectivity index (χ0) is 19.3. The van der Waals surface area contributed by atoms with Gasteiger partial charge >= 0.3 is 0 Å². The first-order valence-electron chi connectivity index (χ1n) is 7.92. The van der Waals surface area contributed by atoms with Gasteiger partial charge in [0.25, 0.3) is 5.91 Å². The highest BCUT2D eigenvalue weighted by Crippen LogP contribution is 2.16. The number of hydrogen-bond acceptors (Lipinski definition) is 5. The van der Waals surface area contributed by atoms with Gasteiger partial charge in [0.15, 0.2) is 0 Å². The lowest BCUT2D eigenvalue weighted by Gasteiger charge is -2.08. The molecule has 1 amide bonds. The second-order valence-corrected chi connectivity index (χ2v) is 7.31. The van der Waals surface area contributed by atoms with Crippen LogP contribution in [-0.2, 0) is 16.6 Å². The van der Waals surface area contributed by atoms with E-state index in [1.54, 1.807) is 36.4 Å². The third-order valence-electron chi connectivity index (χ3n) is 3.74. The highest BCUT2D eigenvalue weighted by molar-refractivity contribution is 7.89. The number of carbonyl (C=O) groups excluding carboxylic acids is 1. The molecule has 1 aromatic heterocycles. The number of nitriles is 1. The van der Waals surface area contributed by atoms with Crippen molar-refractivity contribution in [3.8, 4) is 6.07 Å². The minimum Gasteiger partial charge on any atom is -0.468 e. The van der Waals surface area contributed by atoms with Crippen LogP contribution < -0.4 is 10.0 Å². The Morgan fingerprint density at radius 2 is 1.78 bits per heavy atom. The Hall–Kier alpha value is -3.41. The summed E-state index contributed by atoms with van der Waals surface area (Å²) in [5.74, 6) is 0.0518. The molecule has 0 saturated heterocycles. The molecule has 0 aliphatic rings. The third-order valence-corrected chi connectivity index (χ3v) is 5.16. The Morgan fingerprint density at radius 3 is 2.44 bits per heavy atom. The zero-order valence-corrected chi connectivity index (χ0v) is 14.9. The summed E-state index contributed by atoms with van der Waals surface area (Å²) in [6.07, 6.45) is 1.46. The van der Waals surface area contributed by atoms with Gasteiger partial charge in [0, 0.05) is 5.56 Å². The normalized spacial score (nSPS) is 10.9. The van der Waals surface area contributed by atoms with E-state index in [9.17, 15) is 13.2 Å². The van der Waals surface area contributed by atoms with Crippen LogP contribution in [0, 0.1) is 11.3 Å². The van der Waals surface area contributed by atoms with E-state index in [0.717, 1.165) is 0 Å². The molecule has 7 nitrogen and oxygen atoms in total. The van der Waals surface area contributed by atoms with E-state index >= 15 is 0 Å². The summed E-state index contributed by atoms with van der Waals surface area (Å²) in [4.78, 5) is 12.4. The first kappa shape index (κ1) is 18.4. The molecule has 0 bridgehead atoms. The summed E-state index contributed by atoms with van der Waals surface area (Å²) in [6.45, 7) is 0.0303.